The van der Waals surface area contributed by atoms with E-state index in [2.05, 4.69) is 15.3 Å². The molecule has 0 amide bonds. The summed E-state index contributed by atoms with van der Waals surface area (Å²) in [5.41, 5.74) is 0.676. The molecule has 0 unspecified atom stereocenters. The van der Waals surface area contributed by atoms with Crippen LogP contribution in [0.3, 0.4) is 0 Å². The summed E-state index contributed by atoms with van der Waals surface area (Å²) in [6, 6.07) is 6.34. The highest BCUT2D eigenvalue weighted by atomic mass is 32.2. The lowest BCUT2D eigenvalue weighted by Gasteiger charge is -2.24. The maximum absolute atomic E-state index is 13.1. The topological polar surface area (TPSA) is 75.2 Å². The quantitative estimate of drug-likeness (QED) is 0.917. The molecule has 0 bridgehead atoms. The molecule has 1 atom stereocenters. The van der Waals surface area contributed by atoms with Crippen LogP contribution in [-0.4, -0.2) is 36.3 Å². The van der Waals surface area contributed by atoms with Crippen molar-refractivity contribution in [1.82, 2.24) is 14.3 Å². The Bertz CT molecular complexity index is 840. The van der Waals surface area contributed by atoms with Gasteiger partial charge in [-0.15, -0.1) is 0 Å². The number of rotatable bonds is 4. The Morgan fingerprint density at radius 2 is 1.96 bits per heavy atom. The Hall–Kier alpha value is -2.06. The normalized spacial score (nSPS) is 18.7. The smallest absolute Gasteiger partial charge is 0.243 e. The standard InChI is InChI=1S/C16H19FN4O2S/c1-11-19-14(10-16(18-2)20-11)15-4-3-9-21(15)24(22,23)13-7-5-12(17)6-8-13/h5-8,10,15H,3-4,9H2,1-2H3,(H,18,19,20)/t15-/m0/s1. The molecule has 1 aliphatic heterocycles. The molecule has 24 heavy (non-hydrogen) atoms. The highest BCUT2D eigenvalue weighted by Crippen LogP contribution is 2.36. The Kier molecular flexibility index (Phi) is 4.51. The summed E-state index contributed by atoms with van der Waals surface area (Å²) in [4.78, 5) is 8.76. The van der Waals surface area contributed by atoms with Gasteiger partial charge in [0, 0.05) is 19.7 Å². The van der Waals surface area contributed by atoms with E-state index in [1.807, 2.05) is 0 Å². The highest BCUT2D eigenvalue weighted by molar-refractivity contribution is 7.89. The van der Waals surface area contributed by atoms with Crippen LogP contribution in [0.25, 0.3) is 0 Å². The minimum Gasteiger partial charge on any atom is -0.373 e. The van der Waals surface area contributed by atoms with E-state index in [0.29, 0.717) is 30.3 Å². The van der Waals surface area contributed by atoms with Crippen LogP contribution in [0.2, 0.25) is 0 Å². The van der Waals surface area contributed by atoms with E-state index in [9.17, 15) is 12.8 Å². The first-order chi connectivity index (χ1) is 11.4. The van der Waals surface area contributed by atoms with Crippen molar-refractivity contribution in [2.45, 2.75) is 30.7 Å². The number of aryl methyl sites for hydroxylation is 1. The molecule has 1 aromatic heterocycles. The number of sulfonamides is 1. The van der Waals surface area contributed by atoms with E-state index < -0.39 is 15.8 Å². The molecule has 0 spiro atoms. The third-order valence-corrected chi connectivity index (χ3v) is 6.00. The van der Waals surface area contributed by atoms with E-state index in [1.165, 1.54) is 16.4 Å². The molecule has 0 saturated carbocycles. The molecule has 2 heterocycles. The van der Waals surface area contributed by atoms with E-state index in [0.717, 1.165) is 18.6 Å². The van der Waals surface area contributed by atoms with Gasteiger partial charge >= 0.3 is 0 Å². The number of nitrogens with zero attached hydrogens (tertiary/aromatic N) is 3. The van der Waals surface area contributed by atoms with Crippen LogP contribution < -0.4 is 5.32 Å². The van der Waals surface area contributed by atoms with Crippen LogP contribution in [0.1, 0.15) is 30.4 Å². The van der Waals surface area contributed by atoms with Crippen molar-refractivity contribution in [3.05, 3.63) is 47.7 Å². The van der Waals surface area contributed by atoms with Crippen LogP contribution in [0, 0.1) is 12.7 Å². The number of benzene rings is 1. The number of anilines is 1. The van der Waals surface area contributed by atoms with Gasteiger partial charge in [0.15, 0.2) is 0 Å². The number of halogens is 1. The Morgan fingerprint density at radius 3 is 2.62 bits per heavy atom. The first kappa shape index (κ1) is 16.8. The van der Waals surface area contributed by atoms with Crippen molar-refractivity contribution in [2.75, 3.05) is 18.9 Å². The molecule has 0 aliphatic carbocycles. The predicted molar refractivity (Wildman–Crippen MR) is 88.6 cm³/mol. The molecule has 1 fully saturated rings. The first-order valence-electron chi connectivity index (χ1n) is 7.72. The summed E-state index contributed by atoms with van der Waals surface area (Å²) < 4.78 is 40.4. The fourth-order valence-corrected chi connectivity index (χ4v) is 4.62. The fourth-order valence-electron chi connectivity index (χ4n) is 2.95. The van der Waals surface area contributed by atoms with E-state index >= 15 is 0 Å². The summed E-state index contributed by atoms with van der Waals surface area (Å²) in [5.74, 6) is 0.781. The van der Waals surface area contributed by atoms with Crippen LogP contribution in [0.4, 0.5) is 10.2 Å². The first-order valence-corrected chi connectivity index (χ1v) is 9.16. The van der Waals surface area contributed by atoms with Gasteiger partial charge in [0.2, 0.25) is 10.0 Å². The van der Waals surface area contributed by atoms with Gasteiger partial charge in [-0.3, -0.25) is 0 Å². The molecule has 1 N–H and O–H groups in total. The molecule has 6 nitrogen and oxygen atoms in total. The fraction of sp³-hybridized carbons (Fsp3) is 0.375. The summed E-state index contributed by atoms with van der Waals surface area (Å²) in [7, 11) is -1.94. The summed E-state index contributed by atoms with van der Waals surface area (Å²) in [6.45, 7) is 2.19. The number of hydrogen-bond donors (Lipinski definition) is 1. The van der Waals surface area contributed by atoms with Crippen LogP contribution >= 0.6 is 0 Å². The Balaban J connectivity index is 1.98. The summed E-state index contributed by atoms with van der Waals surface area (Å²) in [5, 5.41) is 2.96. The molecular formula is C16H19FN4O2S. The minimum absolute atomic E-state index is 0.0930. The average molecular weight is 350 g/mol. The second-order valence-corrected chi connectivity index (χ2v) is 7.59. The number of aromatic nitrogens is 2. The zero-order chi connectivity index (χ0) is 17.3. The second-order valence-electron chi connectivity index (χ2n) is 5.70. The molecule has 128 valence electrons. The zero-order valence-electron chi connectivity index (χ0n) is 13.5. The third kappa shape index (κ3) is 3.11. The van der Waals surface area contributed by atoms with Gasteiger partial charge < -0.3 is 5.32 Å². The van der Waals surface area contributed by atoms with Gasteiger partial charge in [-0.1, -0.05) is 0 Å². The molecule has 1 aromatic carbocycles. The molecule has 2 aromatic rings. The van der Waals surface area contributed by atoms with Crippen LogP contribution in [0.15, 0.2) is 35.2 Å². The maximum atomic E-state index is 13.1. The SMILES string of the molecule is CNc1cc([C@@H]2CCCN2S(=O)(=O)c2ccc(F)cc2)nc(C)n1. The monoisotopic (exact) mass is 350 g/mol. The van der Waals surface area contributed by atoms with Crippen molar-refractivity contribution in [3.63, 3.8) is 0 Å². The van der Waals surface area contributed by atoms with Crippen LogP contribution in [-0.2, 0) is 10.0 Å². The van der Waals surface area contributed by atoms with Crippen LogP contribution in [0.5, 0.6) is 0 Å². The van der Waals surface area contributed by atoms with E-state index in [1.54, 1.807) is 20.0 Å². The molecule has 3 rings (SSSR count). The molecule has 0 radical (unpaired) electrons. The lowest BCUT2D eigenvalue weighted by Crippen LogP contribution is -2.31. The predicted octanol–water partition coefficient (Wildman–Crippen LogP) is 2.49. The van der Waals surface area contributed by atoms with Crippen molar-refractivity contribution in [3.8, 4) is 0 Å². The lowest BCUT2D eigenvalue weighted by molar-refractivity contribution is 0.389. The van der Waals surface area contributed by atoms with Crippen molar-refractivity contribution in [1.29, 1.82) is 0 Å². The maximum Gasteiger partial charge on any atom is 0.243 e. The summed E-state index contributed by atoms with van der Waals surface area (Å²) >= 11 is 0. The van der Waals surface area contributed by atoms with Gasteiger partial charge in [-0.25, -0.2) is 22.8 Å². The largest absolute Gasteiger partial charge is 0.373 e. The second kappa shape index (κ2) is 6.45. The molecule has 8 heteroatoms. The van der Waals surface area contributed by atoms with Crippen molar-refractivity contribution in [2.24, 2.45) is 0 Å². The Morgan fingerprint density at radius 1 is 1.25 bits per heavy atom. The molecule has 1 saturated heterocycles. The zero-order valence-corrected chi connectivity index (χ0v) is 14.3. The van der Waals surface area contributed by atoms with Gasteiger partial charge in [-0.05, 0) is 44.0 Å². The number of hydrogen-bond acceptors (Lipinski definition) is 5. The van der Waals surface area contributed by atoms with Crippen molar-refractivity contribution < 1.29 is 12.8 Å². The van der Waals surface area contributed by atoms with Gasteiger partial charge in [0.05, 0.1) is 16.6 Å². The van der Waals surface area contributed by atoms with Gasteiger partial charge in [0.25, 0.3) is 0 Å². The van der Waals surface area contributed by atoms with Gasteiger partial charge in [-0.2, -0.15) is 4.31 Å². The Labute approximate surface area is 140 Å². The van der Waals surface area contributed by atoms with E-state index in [-0.39, 0.29) is 10.9 Å². The van der Waals surface area contributed by atoms with E-state index in [4.69, 9.17) is 0 Å². The average Bonchev–Trinajstić information content (AvgIpc) is 3.05. The third-order valence-electron chi connectivity index (χ3n) is 4.08. The summed E-state index contributed by atoms with van der Waals surface area (Å²) in [6.07, 6.45) is 1.45. The van der Waals surface area contributed by atoms with Gasteiger partial charge in [0.1, 0.15) is 17.5 Å². The minimum atomic E-state index is -3.70. The molecule has 1 aliphatic rings. The number of nitrogens with one attached hydrogen (secondary N) is 1. The van der Waals surface area contributed by atoms with Crippen molar-refractivity contribution >= 4 is 15.8 Å². The highest BCUT2D eigenvalue weighted by Gasteiger charge is 2.37. The lowest BCUT2D eigenvalue weighted by atomic mass is 10.1. The molecular weight excluding hydrogens is 331 g/mol.